The molecule has 2 unspecified atom stereocenters. The number of pyridine rings is 2. The van der Waals surface area contributed by atoms with Gasteiger partial charge in [0.25, 0.3) is 0 Å². The van der Waals surface area contributed by atoms with Gasteiger partial charge in [-0.1, -0.05) is 0 Å². The molecule has 0 aromatic carbocycles. The first-order chi connectivity index (χ1) is 18.8. The molecular weight excluding hydrogens is 500 g/mol. The Hall–Kier alpha value is -3.88. The van der Waals surface area contributed by atoms with E-state index in [0.29, 0.717) is 43.1 Å². The number of piperidine rings is 1. The van der Waals surface area contributed by atoms with Gasteiger partial charge in [-0.05, 0) is 38.5 Å². The highest BCUT2D eigenvalue weighted by Gasteiger charge is 2.48. The number of fused-ring (bicyclic) bond motifs is 3. The van der Waals surface area contributed by atoms with E-state index in [9.17, 15) is 15.2 Å². The summed E-state index contributed by atoms with van der Waals surface area (Å²) in [6, 6.07) is 8.23. The Morgan fingerprint density at radius 1 is 1.23 bits per heavy atom. The summed E-state index contributed by atoms with van der Waals surface area (Å²) in [7, 11) is 0. The number of carbonyl (C=O) groups excluding carboxylic acids is 1. The van der Waals surface area contributed by atoms with Crippen LogP contribution >= 0.6 is 0 Å². The molecule has 204 valence electrons. The number of amides is 1. The standard InChI is InChI=1S/C28H32N6O5/c1-28(2,36)17-38-23-10-24(26-19(11-29)13-31-33(26)16-23)18-3-4-25(30-12-18)32-14-20-9-21(15-32)34(20)27(35)39-22-5-7-37-8-6-22/h3-4,10,12-13,16,20-22,36H,5-9,14-15,17H2,1-2H3. The predicted molar refractivity (Wildman–Crippen MR) is 141 cm³/mol. The third-order valence-corrected chi connectivity index (χ3v) is 7.52. The van der Waals surface area contributed by atoms with Crippen molar-refractivity contribution in [2.45, 2.75) is 56.9 Å². The Labute approximate surface area is 226 Å². The first kappa shape index (κ1) is 25.4. The molecule has 2 bridgehead atoms. The molecule has 4 aliphatic heterocycles. The zero-order valence-electron chi connectivity index (χ0n) is 22.1. The van der Waals surface area contributed by atoms with Crippen LogP contribution in [0, 0.1) is 11.3 Å². The van der Waals surface area contributed by atoms with Gasteiger partial charge in [-0.25, -0.2) is 14.3 Å². The molecule has 4 saturated heterocycles. The van der Waals surface area contributed by atoms with Gasteiger partial charge in [0, 0.05) is 43.3 Å². The van der Waals surface area contributed by atoms with E-state index in [0.717, 1.165) is 36.2 Å². The highest BCUT2D eigenvalue weighted by molar-refractivity contribution is 5.85. The van der Waals surface area contributed by atoms with Crippen molar-refractivity contribution in [3.05, 3.63) is 42.4 Å². The van der Waals surface area contributed by atoms with Gasteiger partial charge in [0.15, 0.2) is 0 Å². The van der Waals surface area contributed by atoms with Gasteiger partial charge in [-0.2, -0.15) is 10.4 Å². The Balaban J connectivity index is 1.18. The van der Waals surface area contributed by atoms with Crippen molar-refractivity contribution >= 4 is 17.4 Å². The molecular formula is C28H32N6O5. The first-order valence-electron chi connectivity index (χ1n) is 13.3. The molecule has 0 radical (unpaired) electrons. The van der Waals surface area contributed by atoms with E-state index in [4.69, 9.17) is 19.2 Å². The molecule has 3 aromatic rings. The largest absolute Gasteiger partial charge is 0.489 e. The first-order valence-corrected chi connectivity index (χ1v) is 13.3. The van der Waals surface area contributed by atoms with Gasteiger partial charge in [0.05, 0.1) is 54.4 Å². The number of nitrogens with zero attached hydrogens (tertiary/aromatic N) is 6. The Bertz CT molecular complexity index is 1390. The molecule has 11 heteroatoms. The number of ether oxygens (including phenoxy) is 3. The lowest BCUT2D eigenvalue weighted by Gasteiger charge is -2.55. The monoisotopic (exact) mass is 532 g/mol. The number of aromatic nitrogens is 3. The Morgan fingerprint density at radius 2 is 2.00 bits per heavy atom. The third-order valence-electron chi connectivity index (χ3n) is 7.52. The van der Waals surface area contributed by atoms with Crippen LogP contribution in [0.1, 0.15) is 38.7 Å². The molecule has 7 heterocycles. The van der Waals surface area contributed by atoms with Gasteiger partial charge < -0.3 is 24.2 Å². The molecule has 1 amide bonds. The van der Waals surface area contributed by atoms with E-state index in [2.05, 4.69) is 16.1 Å². The summed E-state index contributed by atoms with van der Waals surface area (Å²) in [6.45, 7) is 6.16. The van der Waals surface area contributed by atoms with Crippen molar-refractivity contribution in [3.63, 3.8) is 0 Å². The normalized spacial score (nSPS) is 21.4. The van der Waals surface area contributed by atoms with Crippen LogP contribution in [0.15, 0.2) is 36.8 Å². The molecule has 4 fully saturated rings. The van der Waals surface area contributed by atoms with Crippen molar-refractivity contribution in [1.29, 1.82) is 5.26 Å². The van der Waals surface area contributed by atoms with Gasteiger partial charge in [0.2, 0.25) is 0 Å². The highest BCUT2D eigenvalue weighted by Crippen LogP contribution is 2.36. The number of rotatable bonds is 6. The van der Waals surface area contributed by atoms with Crippen molar-refractivity contribution in [3.8, 4) is 22.9 Å². The van der Waals surface area contributed by atoms with Gasteiger partial charge in [-0.15, -0.1) is 0 Å². The molecule has 0 saturated carbocycles. The van der Waals surface area contributed by atoms with Gasteiger partial charge in [0.1, 0.15) is 30.3 Å². The van der Waals surface area contributed by atoms with Gasteiger partial charge >= 0.3 is 6.09 Å². The van der Waals surface area contributed by atoms with Crippen LogP contribution < -0.4 is 9.64 Å². The molecule has 0 aliphatic carbocycles. The van der Waals surface area contributed by atoms with Crippen LogP contribution in [0.4, 0.5) is 10.6 Å². The maximum absolute atomic E-state index is 12.8. The zero-order chi connectivity index (χ0) is 27.1. The van der Waals surface area contributed by atoms with Crippen LogP contribution in [-0.4, -0.2) is 87.4 Å². The quantitative estimate of drug-likeness (QED) is 0.510. The van der Waals surface area contributed by atoms with Crippen molar-refractivity contribution in [2.24, 2.45) is 0 Å². The van der Waals surface area contributed by atoms with E-state index in [1.807, 2.05) is 23.1 Å². The molecule has 7 rings (SSSR count). The maximum atomic E-state index is 12.8. The third kappa shape index (κ3) is 5.10. The molecule has 1 N–H and O–H groups in total. The summed E-state index contributed by atoms with van der Waals surface area (Å²) in [5, 5.41) is 24.0. The second-order valence-electron chi connectivity index (χ2n) is 11.1. The predicted octanol–water partition coefficient (Wildman–Crippen LogP) is 3.00. The van der Waals surface area contributed by atoms with Crippen LogP contribution in [-0.2, 0) is 9.47 Å². The Kier molecular flexibility index (Phi) is 6.53. The van der Waals surface area contributed by atoms with E-state index in [-0.39, 0.29) is 30.9 Å². The van der Waals surface area contributed by atoms with Crippen molar-refractivity contribution in [1.82, 2.24) is 19.5 Å². The number of nitriles is 1. The Morgan fingerprint density at radius 3 is 2.67 bits per heavy atom. The van der Waals surface area contributed by atoms with E-state index in [1.165, 1.54) is 6.20 Å². The van der Waals surface area contributed by atoms with Crippen molar-refractivity contribution in [2.75, 3.05) is 37.8 Å². The van der Waals surface area contributed by atoms with E-state index >= 15 is 0 Å². The lowest BCUT2D eigenvalue weighted by Crippen LogP contribution is -2.70. The summed E-state index contributed by atoms with van der Waals surface area (Å²) in [6.07, 6.45) is 7.24. The average Bonchev–Trinajstić information content (AvgIpc) is 3.35. The second-order valence-corrected chi connectivity index (χ2v) is 11.1. The van der Waals surface area contributed by atoms with Gasteiger partial charge in [-0.3, -0.25) is 4.90 Å². The smallest absolute Gasteiger partial charge is 0.410 e. The van der Waals surface area contributed by atoms with E-state index < -0.39 is 5.60 Å². The number of piperazine rings is 1. The lowest BCUT2D eigenvalue weighted by molar-refractivity contribution is -0.0462. The topological polar surface area (TPSA) is 125 Å². The molecule has 39 heavy (non-hydrogen) atoms. The number of carbonyl (C=O) groups is 1. The maximum Gasteiger partial charge on any atom is 0.410 e. The summed E-state index contributed by atoms with van der Waals surface area (Å²) < 4.78 is 18.6. The zero-order valence-corrected chi connectivity index (χ0v) is 22.1. The fourth-order valence-corrected chi connectivity index (χ4v) is 5.56. The summed E-state index contributed by atoms with van der Waals surface area (Å²) in [5.74, 6) is 1.37. The minimum Gasteiger partial charge on any atom is -0.489 e. The average molecular weight is 533 g/mol. The summed E-state index contributed by atoms with van der Waals surface area (Å²) >= 11 is 0. The second kappa shape index (κ2) is 10.0. The molecule has 2 atom stereocenters. The van der Waals surface area contributed by atoms with Crippen LogP contribution in [0.3, 0.4) is 0 Å². The number of anilines is 1. The van der Waals surface area contributed by atoms with Crippen molar-refractivity contribution < 1.29 is 24.1 Å². The number of hydrogen-bond acceptors (Lipinski definition) is 9. The highest BCUT2D eigenvalue weighted by atomic mass is 16.6. The number of hydrogen-bond donors (Lipinski definition) is 1. The van der Waals surface area contributed by atoms with Crippen LogP contribution in [0.2, 0.25) is 0 Å². The fourth-order valence-electron chi connectivity index (χ4n) is 5.56. The summed E-state index contributed by atoms with van der Waals surface area (Å²) in [5.41, 5.74) is 1.71. The van der Waals surface area contributed by atoms with Crippen LogP contribution in [0.5, 0.6) is 5.75 Å². The molecule has 4 aliphatic rings. The molecule has 0 spiro atoms. The van der Waals surface area contributed by atoms with Crippen LogP contribution in [0.25, 0.3) is 16.6 Å². The van der Waals surface area contributed by atoms with E-state index in [1.54, 1.807) is 30.8 Å². The fraction of sp³-hybridized carbons (Fsp3) is 0.500. The molecule has 3 aromatic heterocycles. The molecule has 11 nitrogen and oxygen atoms in total. The SMILES string of the molecule is CC(C)(O)COc1cc(-c2ccc(N3CC4CC(C3)N4C(=O)OC3CCOCC3)nc2)c2c(C#N)cnn2c1. The minimum atomic E-state index is -0.994. The number of aliphatic hydroxyl groups is 1. The minimum absolute atomic E-state index is 0.0549. The summed E-state index contributed by atoms with van der Waals surface area (Å²) in [4.78, 5) is 21.6. The lowest BCUT2D eigenvalue weighted by atomic mass is 9.88.